The summed E-state index contributed by atoms with van der Waals surface area (Å²) in [4.78, 5) is 26.7. The van der Waals surface area contributed by atoms with Gasteiger partial charge >= 0.3 is 0 Å². The van der Waals surface area contributed by atoms with E-state index in [0.717, 1.165) is 0 Å². The Kier molecular flexibility index (Phi) is 4.72. The van der Waals surface area contributed by atoms with Gasteiger partial charge in [0.05, 0.1) is 25.2 Å². The highest BCUT2D eigenvalue weighted by Crippen LogP contribution is 2.64. The summed E-state index contributed by atoms with van der Waals surface area (Å²) in [6, 6.07) is 0.763. The van der Waals surface area contributed by atoms with Crippen LogP contribution < -0.4 is 5.32 Å². The van der Waals surface area contributed by atoms with E-state index in [0.29, 0.717) is 6.54 Å². The van der Waals surface area contributed by atoms with E-state index in [1.807, 2.05) is 6.07 Å². The van der Waals surface area contributed by atoms with Crippen molar-refractivity contribution < 1.29 is 23.1 Å². The highest BCUT2D eigenvalue weighted by atomic mass is 19.3. The van der Waals surface area contributed by atoms with E-state index < -0.39 is 24.1 Å². The first-order chi connectivity index (χ1) is 12.1. The van der Waals surface area contributed by atoms with Gasteiger partial charge in [-0.05, 0) is 24.2 Å². The van der Waals surface area contributed by atoms with E-state index in [4.69, 9.17) is 10.00 Å². The summed E-state index contributed by atoms with van der Waals surface area (Å²) in [6.45, 7) is 6.35. The maximum atomic E-state index is 12.8. The van der Waals surface area contributed by atoms with Gasteiger partial charge in [-0.2, -0.15) is 5.26 Å². The van der Waals surface area contributed by atoms with Crippen LogP contribution >= 0.6 is 0 Å². The molecule has 144 valence electrons. The van der Waals surface area contributed by atoms with E-state index in [-0.39, 0.29) is 54.9 Å². The van der Waals surface area contributed by atoms with Gasteiger partial charge in [0.25, 0.3) is 5.92 Å². The van der Waals surface area contributed by atoms with Crippen LogP contribution in [0.4, 0.5) is 8.78 Å². The van der Waals surface area contributed by atoms with Gasteiger partial charge in [0, 0.05) is 19.4 Å². The lowest BCUT2D eigenvalue weighted by Crippen LogP contribution is -2.51. The Labute approximate surface area is 151 Å². The third kappa shape index (κ3) is 3.41. The van der Waals surface area contributed by atoms with Crippen LogP contribution in [0.1, 0.15) is 40.0 Å². The molecule has 1 saturated heterocycles. The van der Waals surface area contributed by atoms with Crippen molar-refractivity contribution in [2.75, 3.05) is 13.2 Å². The minimum absolute atomic E-state index is 0.00266. The summed E-state index contributed by atoms with van der Waals surface area (Å²) in [5.74, 6) is -2.79. The molecule has 0 aromatic rings. The molecular weight excluding hydrogens is 344 g/mol. The van der Waals surface area contributed by atoms with E-state index in [2.05, 4.69) is 19.2 Å². The van der Waals surface area contributed by atoms with Gasteiger partial charge in [0.2, 0.25) is 11.8 Å². The van der Waals surface area contributed by atoms with Gasteiger partial charge < -0.3 is 15.0 Å². The number of nitrogens with one attached hydrogen (secondary N) is 1. The van der Waals surface area contributed by atoms with Crippen LogP contribution in [0, 0.1) is 28.6 Å². The van der Waals surface area contributed by atoms with Gasteiger partial charge in [-0.1, -0.05) is 13.8 Å². The highest BCUT2D eigenvalue weighted by Gasteiger charge is 2.69. The number of fused-ring (bicyclic) bond motifs is 1. The first-order valence-corrected chi connectivity index (χ1v) is 9.06. The fourth-order valence-corrected chi connectivity index (χ4v) is 4.35. The predicted molar refractivity (Wildman–Crippen MR) is 88.0 cm³/mol. The summed E-state index contributed by atoms with van der Waals surface area (Å²) in [7, 11) is 0. The zero-order chi connectivity index (χ0) is 19.3. The van der Waals surface area contributed by atoms with Crippen molar-refractivity contribution >= 4 is 11.8 Å². The predicted octanol–water partition coefficient (Wildman–Crippen LogP) is 1.70. The zero-order valence-electron chi connectivity index (χ0n) is 15.3. The summed E-state index contributed by atoms with van der Waals surface area (Å²) >= 11 is 0. The van der Waals surface area contributed by atoms with Gasteiger partial charge in [-0.15, -0.1) is 0 Å². The molecule has 3 aliphatic rings. The molecule has 4 atom stereocenters. The van der Waals surface area contributed by atoms with Crippen LogP contribution in [0.15, 0.2) is 0 Å². The van der Waals surface area contributed by atoms with Crippen LogP contribution in [0.5, 0.6) is 0 Å². The summed E-state index contributed by atoms with van der Waals surface area (Å²) in [5, 5.41) is 11.5. The number of piperidine rings is 1. The van der Waals surface area contributed by atoms with Gasteiger partial charge in [0.1, 0.15) is 12.1 Å². The Hall–Kier alpha value is -1.75. The number of rotatable bonds is 6. The number of carbonyl (C=O) groups is 2. The second kappa shape index (κ2) is 6.45. The quantitative estimate of drug-likeness (QED) is 0.773. The molecule has 3 rings (SSSR count). The molecule has 0 aromatic heterocycles. The third-order valence-electron chi connectivity index (χ3n) is 6.07. The van der Waals surface area contributed by atoms with Crippen molar-refractivity contribution in [2.45, 2.75) is 64.1 Å². The number of likely N-dealkylation sites (tertiary alicyclic amines) is 1. The van der Waals surface area contributed by atoms with E-state index in [1.165, 1.54) is 0 Å². The number of nitrogens with zero attached hydrogens (tertiary/aromatic N) is 2. The van der Waals surface area contributed by atoms with Crippen LogP contribution in [0.2, 0.25) is 0 Å². The molecule has 1 aliphatic heterocycles. The molecule has 3 fully saturated rings. The lowest BCUT2D eigenvalue weighted by Gasteiger charge is -2.35. The number of carbonyl (C=O) groups excluding carboxylic acids is 2. The Morgan fingerprint density at radius 3 is 2.62 bits per heavy atom. The summed E-state index contributed by atoms with van der Waals surface area (Å²) < 4.78 is 30.9. The normalized spacial score (nSPS) is 32.2. The van der Waals surface area contributed by atoms with Crippen LogP contribution in [0.3, 0.4) is 0 Å². The van der Waals surface area contributed by atoms with E-state index in [9.17, 15) is 18.4 Å². The Morgan fingerprint density at radius 2 is 2.04 bits per heavy atom. The van der Waals surface area contributed by atoms with Gasteiger partial charge in [0.15, 0.2) is 0 Å². The molecule has 0 aromatic carbocycles. The zero-order valence-corrected chi connectivity index (χ0v) is 15.3. The summed E-state index contributed by atoms with van der Waals surface area (Å²) in [5.41, 5.74) is 0.00266. The SMILES string of the molecule is CC(C#N)NC(=O)[C@@H]1[C@@H]2[C@H](CN1C(=O)CCOC1CC(F)(F)C1)C2(C)C. The molecule has 2 amide bonds. The monoisotopic (exact) mass is 369 g/mol. The Bertz CT molecular complexity index is 638. The molecule has 6 nitrogen and oxygen atoms in total. The Balaban J connectivity index is 1.55. The molecule has 2 aliphatic carbocycles. The largest absolute Gasteiger partial charge is 0.377 e. The van der Waals surface area contributed by atoms with Crippen molar-refractivity contribution in [3.8, 4) is 6.07 Å². The Morgan fingerprint density at radius 1 is 1.38 bits per heavy atom. The number of ether oxygens (including phenoxy) is 1. The maximum Gasteiger partial charge on any atom is 0.253 e. The van der Waals surface area contributed by atoms with Crippen molar-refractivity contribution in [1.82, 2.24) is 10.2 Å². The third-order valence-corrected chi connectivity index (χ3v) is 6.07. The molecule has 1 heterocycles. The number of hydrogen-bond acceptors (Lipinski definition) is 4. The van der Waals surface area contributed by atoms with Crippen LogP contribution in [-0.2, 0) is 14.3 Å². The molecule has 0 radical (unpaired) electrons. The molecular formula is C18H25F2N3O3. The summed E-state index contributed by atoms with van der Waals surface area (Å²) in [6.07, 6.45) is -1.00. The first-order valence-electron chi connectivity index (χ1n) is 9.06. The molecule has 0 bridgehead atoms. The number of amides is 2. The number of nitriles is 1. The molecule has 26 heavy (non-hydrogen) atoms. The van der Waals surface area contributed by atoms with Gasteiger partial charge in [-0.3, -0.25) is 9.59 Å². The molecule has 0 spiro atoms. The average Bonchev–Trinajstić information content (AvgIpc) is 2.90. The lowest BCUT2D eigenvalue weighted by molar-refractivity contribution is -0.167. The fraction of sp³-hybridized carbons (Fsp3) is 0.833. The smallest absolute Gasteiger partial charge is 0.253 e. The second-order valence-corrected chi connectivity index (χ2v) is 8.31. The minimum atomic E-state index is -2.64. The standard InChI is InChI=1S/C18H25F2N3O3/c1-10(8-21)22-16(25)15-14-12(17(14,2)3)9-23(15)13(24)4-5-26-11-6-18(19,20)7-11/h10-12,14-15H,4-7,9H2,1-3H3,(H,22,25)/t10?,12-,14-,15-/m0/s1. The van der Waals surface area contributed by atoms with Crippen LogP contribution in [-0.4, -0.2) is 54.0 Å². The average molecular weight is 369 g/mol. The fourth-order valence-electron chi connectivity index (χ4n) is 4.35. The highest BCUT2D eigenvalue weighted by molar-refractivity contribution is 5.90. The van der Waals surface area contributed by atoms with Crippen molar-refractivity contribution in [1.29, 1.82) is 5.26 Å². The van der Waals surface area contributed by atoms with Crippen molar-refractivity contribution in [3.63, 3.8) is 0 Å². The van der Waals surface area contributed by atoms with E-state index >= 15 is 0 Å². The molecule has 8 heteroatoms. The first kappa shape index (κ1) is 19.0. The maximum absolute atomic E-state index is 12.8. The molecule has 1 unspecified atom stereocenters. The van der Waals surface area contributed by atoms with Crippen molar-refractivity contribution in [2.24, 2.45) is 17.3 Å². The number of hydrogen-bond donors (Lipinski definition) is 1. The van der Waals surface area contributed by atoms with Crippen LogP contribution in [0.25, 0.3) is 0 Å². The minimum Gasteiger partial charge on any atom is -0.377 e. The molecule has 1 N–H and O–H groups in total. The number of halogens is 2. The lowest BCUT2D eigenvalue weighted by atomic mass is 9.91. The topological polar surface area (TPSA) is 82.4 Å². The van der Waals surface area contributed by atoms with E-state index in [1.54, 1.807) is 11.8 Å². The second-order valence-electron chi connectivity index (χ2n) is 8.31. The van der Waals surface area contributed by atoms with Gasteiger partial charge in [-0.25, -0.2) is 8.78 Å². The number of alkyl halides is 2. The molecule has 2 saturated carbocycles. The van der Waals surface area contributed by atoms with Crippen molar-refractivity contribution in [3.05, 3.63) is 0 Å².